The number of alkyl halides is 2. The van der Waals surface area contributed by atoms with Crippen LogP contribution in [0.15, 0.2) is 36.5 Å². The number of carbonyl (C=O) groups excluding carboxylic acids is 7. The number of carbonyl (C=O) groups is 7. The van der Waals surface area contributed by atoms with Crippen LogP contribution in [-0.2, 0) is 19.2 Å². The van der Waals surface area contributed by atoms with Crippen LogP contribution in [0.1, 0.15) is 82.4 Å². The summed E-state index contributed by atoms with van der Waals surface area (Å²) in [6.07, 6.45) is 4.95. The maximum atomic E-state index is 15.7. The van der Waals surface area contributed by atoms with E-state index >= 15 is 13.2 Å². The number of benzene rings is 2. The molecule has 0 spiro atoms. The minimum atomic E-state index is -3.66. The van der Waals surface area contributed by atoms with Crippen molar-refractivity contribution in [3.63, 3.8) is 0 Å². The summed E-state index contributed by atoms with van der Waals surface area (Å²) in [7, 11) is 2.56. The lowest BCUT2D eigenvalue weighted by Crippen LogP contribution is -2.54. The fourth-order valence-corrected chi connectivity index (χ4v) is 8.70. The van der Waals surface area contributed by atoms with E-state index in [1.165, 1.54) is 37.4 Å². The van der Waals surface area contributed by atoms with Gasteiger partial charge >= 0.3 is 5.92 Å². The highest BCUT2D eigenvalue weighted by atomic mass is 19.3. The number of nitrogens with one attached hydrogen (secondary N) is 4. The topological polar surface area (TPSA) is 216 Å². The number of imide groups is 2. The van der Waals surface area contributed by atoms with Crippen LogP contribution in [0.3, 0.4) is 0 Å². The van der Waals surface area contributed by atoms with Gasteiger partial charge in [-0.25, -0.2) is 9.37 Å². The SMILES string of the molecule is COc1cc(C(=O)NC2CCN(C(=O)CNc3cccc4c3C(=O)N(C3CCC(=O)NC3=O)C4=O)CC2)c(F)cc1Nc1ncc2c(n1)N(C1CCCC1)CC(F)(F)C(=O)N2C. The molecule has 4 aliphatic heterocycles. The predicted octanol–water partition coefficient (Wildman–Crippen LogP) is 2.96. The van der Waals surface area contributed by atoms with Gasteiger partial charge in [0.05, 0.1) is 48.8 Å². The van der Waals surface area contributed by atoms with Crippen molar-refractivity contribution in [2.45, 2.75) is 75.4 Å². The van der Waals surface area contributed by atoms with Crippen LogP contribution in [0, 0.1) is 5.82 Å². The standard InChI is InChI=1S/C41H43F3N10O8/c1-51-29-18-46-40(50-34(29)53(22-6-3-4-7-22)20-41(43,44)39(51)61)48-27-17-25(42)24(16-30(27)62-2)35(57)47-21-12-14-52(15-13-21)32(56)19-45-26-9-5-8-23-33(26)38(60)54(37(23)59)28-10-11-31(55)49-36(28)58/h5,8-9,16-18,21-22,28,45H,3-4,6-7,10-15,19-20H2,1-2H3,(H,47,57)(H,46,48,50)(H,49,55,58). The summed E-state index contributed by atoms with van der Waals surface area (Å²) in [6.45, 7) is -0.555. The molecule has 62 heavy (non-hydrogen) atoms. The van der Waals surface area contributed by atoms with E-state index < -0.39 is 65.8 Å². The Morgan fingerprint density at radius 2 is 1.73 bits per heavy atom. The van der Waals surface area contributed by atoms with Gasteiger partial charge < -0.3 is 35.4 Å². The number of piperidine rings is 2. The molecule has 1 aliphatic carbocycles. The number of anilines is 5. The molecule has 8 rings (SSSR count). The number of halogens is 3. The normalized spacial score (nSPS) is 20.5. The molecular formula is C41H43F3N10O8. The van der Waals surface area contributed by atoms with E-state index in [1.54, 1.807) is 17.0 Å². The Bertz CT molecular complexity index is 2390. The summed E-state index contributed by atoms with van der Waals surface area (Å²) in [5, 5.41) is 10.8. The summed E-state index contributed by atoms with van der Waals surface area (Å²) in [4.78, 5) is 103. The van der Waals surface area contributed by atoms with E-state index in [1.807, 2.05) is 0 Å². The second-order valence-corrected chi connectivity index (χ2v) is 15.9. The molecule has 0 radical (unpaired) electrons. The number of aromatic nitrogens is 2. The lowest BCUT2D eigenvalue weighted by molar-refractivity contribution is -0.140. The Labute approximate surface area is 352 Å². The average molecular weight is 861 g/mol. The quantitative estimate of drug-likeness (QED) is 0.216. The molecule has 4 N–H and O–H groups in total. The van der Waals surface area contributed by atoms with Crippen molar-refractivity contribution in [3.05, 3.63) is 59.0 Å². The molecule has 3 fully saturated rings. The molecule has 3 aromatic rings. The van der Waals surface area contributed by atoms with Crippen molar-refractivity contribution in [3.8, 4) is 5.75 Å². The van der Waals surface area contributed by atoms with E-state index in [2.05, 4.69) is 31.2 Å². The molecule has 1 saturated carbocycles. The molecule has 2 aromatic carbocycles. The second-order valence-electron chi connectivity index (χ2n) is 15.9. The molecule has 5 heterocycles. The van der Waals surface area contributed by atoms with Crippen molar-refractivity contribution in [1.29, 1.82) is 0 Å². The van der Waals surface area contributed by atoms with Gasteiger partial charge in [0, 0.05) is 50.4 Å². The largest absolute Gasteiger partial charge is 0.495 e. The number of fused-ring (bicyclic) bond motifs is 2. The number of nitrogens with zero attached hydrogens (tertiary/aromatic N) is 6. The summed E-state index contributed by atoms with van der Waals surface area (Å²) >= 11 is 0. The minimum absolute atomic E-state index is 0.00682. The third-order valence-corrected chi connectivity index (χ3v) is 12.0. The van der Waals surface area contributed by atoms with Gasteiger partial charge in [0.1, 0.15) is 23.3 Å². The van der Waals surface area contributed by atoms with Gasteiger partial charge in [-0.3, -0.25) is 43.8 Å². The van der Waals surface area contributed by atoms with Gasteiger partial charge in [-0.2, -0.15) is 13.8 Å². The Morgan fingerprint density at radius 1 is 0.984 bits per heavy atom. The van der Waals surface area contributed by atoms with E-state index in [-0.39, 0.29) is 95.7 Å². The number of ether oxygens (including phenoxy) is 1. The van der Waals surface area contributed by atoms with Gasteiger partial charge in [0.25, 0.3) is 23.6 Å². The first-order valence-corrected chi connectivity index (χ1v) is 20.3. The number of hydrogen-bond donors (Lipinski definition) is 4. The minimum Gasteiger partial charge on any atom is -0.495 e. The number of rotatable bonds is 10. The third-order valence-electron chi connectivity index (χ3n) is 12.0. The first kappa shape index (κ1) is 41.9. The van der Waals surface area contributed by atoms with Crippen LogP contribution in [0.25, 0.3) is 0 Å². The van der Waals surface area contributed by atoms with Gasteiger partial charge in [0.2, 0.25) is 23.7 Å². The Morgan fingerprint density at radius 3 is 2.44 bits per heavy atom. The zero-order valence-electron chi connectivity index (χ0n) is 33.8. The number of likely N-dealkylation sites (tertiary alicyclic amines) is 1. The highest BCUT2D eigenvalue weighted by molar-refractivity contribution is 6.25. The van der Waals surface area contributed by atoms with Gasteiger partial charge in [0.15, 0.2) is 5.82 Å². The first-order valence-electron chi connectivity index (χ1n) is 20.3. The maximum absolute atomic E-state index is 15.7. The molecule has 21 heteroatoms. The second kappa shape index (κ2) is 16.6. The van der Waals surface area contributed by atoms with Crippen molar-refractivity contribution in [2.75, 3.05) is 60.8 Å². The lowest BCUT2D eigenvalue weighted by Gasteiger charge is -2.32. The zero-order valence-corrected chi connectivity index (χ0v) is 33.8. The van der Waals surface area contributed by atoms with Crippen molar-refractivity contribution < 1.29 is 51.5 Å². The van der Waals surface area contributed by atoms with Crippen LogP contribution < -0.4 is 35.8 Å². The van der Waals surface area contributed by atoms with Crippen LogP contribution in [0.5, 0.6) is 5.75 Å². The van der Waals surface area contributed by atoms with E-state index in [0.29, 0.717) is 25.7 Å². The summed E-state index contributed by atoms with van der Waals surface area (Å²) in [5.74, 6) is -9.43. The Balaban J connectivity index is 0.880. The van der Waals surface area contributed by atoms with Gasteiger partial charge in [-0.1, -0.05) is 18.9 Å². The molecule has 18 nitrogen and oxygen atoms in total. The molecule has 1 unspecified atom stereocenters. The van der Waals surface area contributed by atoms with Crippen molar-refractivity contribution in [1.82, 2.24) is 30.4 Å². The van der Waals surface area contributed by atoms with Crippen LogP contribution in [0.4, 0.5) is 42.0 Å². The summed E-state index contributed by atoms with van der Waals surface area (Å²) < 4.78 is 51.2. The summed E-state index contributed by atoms with van der Waals surface area (Å²) in [5.41, 5.74) is 0.184. The average Bonchev–Trinajstić information content (AvgIpc) is 3.86. The highest BCUT2D eigenvalue weighted by Crippen LogP contribution is 2.40. The van der Waals surface area contributed by atoms with E-state index in [4.69, 9.17) is 4.74 Å². The van der Waals surface area contributed by atoms with Crippen LogP contribution >= 0.6 is 0 Å². The molecule has 1 atom stereocenters. The van der Waals surface area contributed by atoms with Crippen molar-refractivity contribution >= 4 is 70.2 Å². The summed E-state index contributed by atoms with van der Waals surface area (Å²) in [6, 6.07) is 4.99. The molecule has 1 aromatic heterocycles. The monoisotopic (exact) mass is 860 g/mol. The van der Waals surface area contributed by atoms with Crippen LogP contribution in [0.2, 0.25) is 0 Å². The first-order chi connectivity index (χ1) is 29.6. The maximum Gasteiger partial charge on any atom is 0.342 e. The van der Waals surface area contributed by atoms with E-state index in [0.717, 1.165) is 28.7 Å². The molecular weight excluding hydrogens is 818 g/mol. The Hall–Kier alpha value is -6.80. The molecule has 326 valence electrons. The van der Waals surface area contributed by atoms with Crippen LogP contribution in [-0.4, -0.2) is 126 Å². The van der Waals surface area contributed by atoms with Gasteiger partial charge in [-0.15, -0.1) is 0 Å². The van der Waals surface area contributed by atoms with Gasteiger partial charge in [-0.05, 0) is 50.3 Å². The molecule has 5 aliphatic rings. The number of methoxy groups -OCH3 is 1. The van der Waals surface area contributed by atoms with E-state index in [9.17, 15) is 33.6 Å². The Kier molecular flexibility index (Phi) is 11.2. The number of amides is 7. The lowest BCUT2D eigenvalue weighted by atomic mass is 10.0. The fourth-order valence-electron chi connectivity index (χ4n) is 8.70. The molecule has 0 bridgehead atoms. The number of hydrogen-bond acceptors (Lipinski definition) is 13. The molecule has 2 saturated heterocycles. The zero-order chi connectivity index (χ0) is 44.0. The van der Waals surface area contributed by atoms with Crippen molar-refractivity contribution in [2.24, 2.45) is 0 Å². The fraction of sp³-hybridized carbons (Fsp3) is 0.439. The highest BCUT2D eigenvalue weighted by Gasteiger charge is 2.49. The third kappa shape index (κ3) is 7.81. The predicted molar refractivity (Wildman–Crippen MR) is 215 cm³/mol. The smallest absolute Gasteiger partial charge is 0.342 e. The molecule has 7 amide bonds.